The molecule has 2 aromatic rings. The summed E-state index contributed by atoms with van der Waals surface area (Å²) in [6.07, 6.45) is 0.967. The smallest absolute Gasteiger partial charge is 0.169 e. The zero-order chi connectivity index (χ0) is 12.4. The van der Waals surface area contributed by atoms with Crippen LogP contribution in [0.5, 0.6) is 0 Å². The molecule has 1 aromatic carbocycles. The Morgan fingerprint density at radius 2 is 2.06 bits per heavy atom. The number of hydrogen-bond acceptors (Lipinski definition) is 3. The van der Waals surface area contributed by atoms with Crippen LogP contribution in [0.15, 0.2) is 28.8 Å². The van der Waals surface area contributed by atoms with E-state index in [0.29, 0.717) is 11.7 Å². The molecule has 3 nitrogen and oxygen atoms in total. The first-order valence-electron chi connectivity index (χ1n) is 5.97. The highest BCUT2D eigenvalue weighted by atomic mass is 16.5. The first kappa shape index (κ1) is 11.7. The zero-order valence-electron chi connectivity index (χ0n) is 10.5. The molecule has 1 aromatic heterocycles. The zero-order valence-corrected chi connectivity index (χ0v) is 10.5. The monoisotopic (exact) mass is 230 g/mol. The lowest BCUT2D eigenvalue weighted by molar-refractivity contribution is 0.435. The number of hydrogen-bond donors (Lipinski definition) is 1. The Balaban J connectivity index is 2.53. The molecule has 0 aliphatic carbocycles. The summed E-state index contributed by atoms with van der Waals surface area (Å²) in [6, 6.07) is 8.28. The SMILES string of the molecule is CCc1ccc(C(C)C)cc1-c1cc(N)no1. The molecule has 2 N–H and O–H groups in total. The summed E-state index contributed by atoms with van der Waals surface area (Å²) in [6.45, 7) is 6.49. The third-order valence-electron chi connectivity index (χ3n) is 2.98. The van der Waals surface area contributed by atoms with E-state index in [0.717, 1.165) is 17.7 Å². The predicted molar refractivity (Wildman–Crippen MR) is 69.8 cm³/mol. The molecule has 1 heterocycles. The van der Waals surface area contributed by atoms with Crippen LogP contribution in [0, 0.1) is 0 Å². The summed E-state index contributed by atoms with van der Waals surface area (Å²) < 4.78 is 5.25. The molecule has 0 amide bonds. The quantitative estimate of drug-likeness (QED) is 0.876. The van der Waals surface area contributed by atoms with Crippen LogP contribution in [0.2, 0.25) is 0 Å². The molecule has 0 radical (unpaired) electrons. The highest BCUT2D eigenvalue weighted by Gasteiger charge is 2.11. The number of rotatable bonds is 3. The van der Waals surface area contributed by atoms with Crippen LogP contribution in [0.3, 0.4) is 0 Å². The van der Waals surface area contributed by atoms with Gasteiger partial charge in [0.05, 0.1) is 0 Å². The van der Waals surface area contributed by atoms with Gasteiger partial charge in [-0.15, -0.1) is 0 Å². The van der Waals surface area contributed by atoms with Gasteiger partial charge >= 0.3 is 0 Å². The van der Waals surface area contributed by atoms with Gasteiger partial charge in [-0.1, -0.05) is 38.1 Å². The van der Waals surface area contributed by atoms with E-state index in [4.69, 9.17) is 10.3 Å². The van der Waals surface area contributed by atoms with Crippen molar-refractivity contribution in [2.24, 2.45) is 0 Å². The Hall–Kier alpha value is -1.77. The topological polar surface area (TPSA) is 52.0 Å². The van der Waals surface area contributed by atoms with Crippen LogP contribution >= 0.6 is 0 Å². The third kappa shape index (κ3) is 2.33. The second-order valence-corrected chi connectivity index (χ2v) is 4.54. The minimum Gasteiger partial charge on any atom is -0.381 e. The van der Waals surface area contributed by atoms with Gasteiger partial charge in [0.15, 0.2) is 11.6 Å². The summed E-state index contributed by atoms with van der Waals surface area (Å²) in [4.78, 5) is 0. The summed E-state index contributed by atoms with van der Waals surface area (Å²) in [5, 5.41) is 3.75. The fourth-order valence-electron chi connectivity index (χ4n) is 1.91. The molecule has 17 heavy (non-hydrogen) atoms. The predicted octanol–water partition coefficient (Wildman–Crippen LogP) is 3.61. The number of aromatic nitrogens is 1. The molecule has 0 atom stereocenters. The van der Waals surface area contributed by atoms with Crippen molar-refractivity contribution in [2.75, 3.05) is 5.73 Å². The van der Waals surface area contributed by atoms with E-state index in [9.17, 15) is 0 Å². The van der Waals surface area contributed by atoms with E-state index in [1.54, 1.807) is 6.07 Å². The van der Waals surface area contributed by atoms with Gasteiger partial charge in [-0.05, 0) is 29.5 Å². The average molecular weight is 230 g/mol. The molecule has 0 unspecified atom stereocenters. The summed E-state index contributed by atoms with van der Waals surface area (Å²) in [5.41, 5.74) is 9.25. The lowest BCUT2D eigenvalue weighted by Crippen LogP contribution is -1.92. The van der Waals surface area contributed by atoms with Crippen molar-refractivity contribution in [3.63, 3.8) is 0 Å². The minimum atomic E-state index is 0.428. The van der Waals surface area contributed by atoms with E-state index in [1.807, 2.05) is 0 Å². The molecule has 90 valence electrons. The fourth-order valence-corrected chi connectivity index (χ4v) is 1.91. The first-order valence-corrected chi connectivity index (χ1v) is 5.97. The van der Waals surface area contributed by atoms with Crippen molar-refractivity contribution in [1.82, 2.24) is 5.16 Å². The summed E-state index contributed by atoms with van der Waals surface area (Å²) in [5.74, 6) is 1.68. The number of nitrogen functional groups attached to an aromatic ring is 1. The summed E-state index contributed by atoms with van der Waals surface area (Å²) >= 11 is 0. The van der Waals surface area contributed by atoms with Gasteiger partial charge in [-0.3, -0.25) is 0 Å². The van der Waals surface area contributed by atoms with Crippen LogP contribution in [0.1, 0.15) is 37.8 Å². The molecule has 0 saturated heterocycles. The molecular formula is C14H18N2O. The molecule has 0 aliphatic heterocycles. The minimum absolute atomic E-state index is 0.428. The van der Waals surface area contributed by atoms with E-state index in [1.165, 1.54) is 11.1 Å². The number of nitrogens with zero attached hydrogens (tertiary/aromatic N) is 1. The Morgan fingerprint density at radius 3 is 2.59 bits per heavy atom. The molecule has 0 bridgehead atoms. The van der Waals surface area contributed by atoms with Crippen molar-refractivity contribution in [3.05, 3.63) is 35.4 Å². The molecule has 0 aliphatic rings. The van der Waals surface area contributed by atoms with Gasteiger partial charge in [-0.25, -0.2) is 0 Å². The van der Waals surface area contributed by atoms with Gasteiger partial charge in [0, 0.05) is 11.6 Å². The Labute approximate surface area is 102 Å². The van der Waals surface area contributed by atoms with Gasteiger partial charge < -0.3 is 10.3 Å². The third-order valence-corrected chi connectivity index (χ3v) is 2.98. The number of aryl methyl sites for hydroxylation is 1. The highest BCUT2D eigenvalue weighted by molar-refractivity contribution is 5.65. The molecule has 0 saturated carbocycles. The molecular weight excluding hydrogens is 212 g/mol. The molecule has 0 fully saturated rings. The first-order chi connectivity index (χ1) is 8.11. The molecule has 3 heteroatoms. The average Bonchev–Trinajstić information content (AvgIpc) is 2.74. The largest absolute Gasteiger partial charge is 0.381 e. The molecule has 0 spiro atoms. The van der Waals surface area contributed by atoms with Gasteiger partial charge in [0.1, 0.15) is 0 Å². The Bertz CT molecular complexity index is 515. The Kier molecular flexibility index (Phi) is 3.18. The van der Waals surface area contributed by atoms with Crippen LogP contribution in [-0.4, -0.2) is 5.16 Å². The van der Waals surface area contributed by atoms with Gasteiger partial charge in [0.2, 0.25) is 0 Å². The second kappa shape index (κ2) is 4.62. The Morgan fingerprint density at radius 1 is 1.29 bits per heavy atom. The van der Waals surface area contributed by atoms with E-state index >= 15 is 0 Å². The second-order valence-electron chi connectivity index (χ2n) is 4.54. The highest BCUT2D eigenvalue weighted by Crippen LogP contribution is 2.29. The number of benzene rings is 1. The van der Waals surface area contributed by atoms with Crippen molar-refractivity contribution in [1.29, 1.82) is 0 Å². The van der Waals surface area contributed by atoms with Crippen LogP contribution in [0.25, 0.3) is 11.3 Å². The maximum atomic E-state index is 5.60. The van der Waals surface area contributed by atoms with E-state index < -0.39 is 0 Å². The standard InChI is InChI=1S/C14H18N2O/c1-4-10-5-6-11(9(2)3)7-12(10)13-8-14(15)16-17-13/h5-9H,4H2,1-3H3,(H2,15,16). The van der Waals surface area contributed by atoms with E-state index in [2.05, 4.69) is 44.1 Å². The normalized spacial score (nSPS) is 11.1. The van der Waals surface area contributed by atoms with Crippen LogP contribution in [-0.2, 0) is 6.42 Å². The van der Waals surface area contributed by atoms with Crippen LogP contribution < -0.4 is 5.73 Å². The number of nitrogens with two attached hydrogens (primary N) is 1. The van der Waals surface area contributed by atoms with Crippen molar-refractivity contribution < 1.29 is 4.52 Å². The number of anilines is 1. The maximum absolute atomic E-state index is 5.60. The lowest BCUT2D eigenvalue weighted by atomic mass is 9.95. The maximum Gasteiger partial charge on any atom is 0.169 e. The fraction of sp³-hybridized carbons (Fsp3) is 0.357. The van der Waals surface area contributed by atoms with Gasteiger partial charge in [0.25, 0.3) is 0 Å². The van der Waals surface area contributed by atoms with Crippen molar-refractivity contribution >= 4 is 5.82 Å². The van der Waals surface area contributed by atoms with Crippen molar-refractivity contribution in [3.8, 4) is 11.3 Å². The van der Waals surface area contributed by atoms with E-state index in [-0.39, 0.29) is 0 Å². The van der Waals surface area contributed by atoms with Crippen molar-refractivity contribution in [2.45, 2.75) is 33.1 Å². The van der Waals surface area contributed by atoms with Gasteiger partial charge in [-0.2, -0.15) is 0 Å². The van der Waals surface area contributed by atoms with Crippen LogP contribution in [0.4, 0.5) is 5.82 Å². The lowest BCUT2D eigenvalue weighted by Gasteiger charge is -2.10. The summed E-state index contributed by atoms with van der Waals surface area (Å²) in [7, 11) is 0. The molecule has 2 rings (SSSR count).